The van der Waals surface area contributed by atoms with Crippen molar-refractivity contribution in [3.8, 4) is 6.07 Å². The number of imidazole rings is 1. The largest absolute Gasteiger partial charge is 0.338 e. The van der Waals surface area contributed by atoms with Gasteiger partial charge in [-0.05, 0) is 12.1 Å². The van der Waals surface area contributed by atoms with Crippen molar-refractivity contribution in [2.45, 2.75) is 13.0 Å². The lowest BCUT2D eigenvalue weighted by molar-refractivity contribution is 0.584. The Hall–Kier alpha value is -2.19. The van der Waals surface area contributed by atoms with Gasteiger partial charge in [-0.25, -0.2) is 9.37 Å². The van der Waals surface area contributed by atoms with Gasteiger partial charge >= 0.3 is 0 Å². The molecule has 2 rings (SSSR count). The minimum Gasteiger partial charge on any atom is -0.338 e. The average Bonchev–Trinajstić information content (AvgIpc) is 2.81. The Labute approximate surface area is 111 Å². The molecule has 98 valence electrons. The van der Waals surface area contributed by atoms with E-state index in [0.717, 1.165) is 18.8 Å². The van der Waals surface area contributed by atoms with Crippen molar-refractivity contribution in [1.29, 1.82) is 5.26 Å². The Balaban J connectivity index is 1.83. The number of aromatic nitrogens is 2. The van der Waals surface area contributed by atoms with Crippen LogP contribution in [0.3, 0.4) is 0 Å². The molecule has 19 heavy (non-hydrogen) atoms. The minimum absolute atomic E-state index is 0.342. The van der Waals surface area contributed by atoms with Crippen LogP contribution in [0.5, 0.6) is 0 Å². The molecule has 0 aliphatic rings. The summed E-state index contributed by atoms with van der Waals surface area (Å²) >= 11 is 0. The number of nitrogens with zero attached hydrogens (tertiary/aromatic N) is 3. The number of benzene rings is 1. The molecule has 0 bridgehead atoms. The fourth-order valence-electron chi connectivity index (χ4n) is 1.82. The van der Waals surface area contributed by atoms with Crippen LogP contribution in [-0.2, 0) is 20.0 Å². The van der Waals surface area contributed by atoms with E-state index in [9.17, 15) is 4.39 Å². The topological polar surface area (TPSA) is 53.6 Å². The lowest BCUT2D eigenvalue weighted by Crippen LogP contribution is -2.18. The van der Waals surface area contributed by atoms with E-state index in [2.05, 4.69) is 10.3 Å². The normalized spacial score (nSPS) is 10.4. The van der Waals surface area contributed by atoms with Crippen LogP contribution in [0.2, 0.25) is 0 Å². The van der Waals surface area contributed by atoms with Crippen LogP contribution in [-0.4, -0.2) is 16.1 Å². The van der Waals surface area contributed by atoms with Crippen LogP contribution in [0.15, 0.2) is 30.6 Å². The molecule has 0 saturated heterocycles. The second-order valence-corrected chi connectivity index (χ2v) is 4.30. The summed E-state index contributed by atoms with van der Waals surface area (Å²) < 4.78 is 15.6. The molecule has 0 saturated carbocycles. The van der Waals surface area contributed by atoms with E-state index in [1.807, 2.05) is 23.9 Å². The Morgan fingerprint density at radius 2 is 2.32 bits per heavy atom. The smallest absolute Gasteiger partial charge is 0.129 e. The molecule has 1 N–H and O–H groups in total. The highest BCUT2D eigenvalue weighted by molar-refractivity contribution is 5.32. The zero-order valence-corrected chi connectivity index (χ0v) is 10.7. The fraction of sp³-hybridized carbons (Fsp3) is 0.286. The summed E-state index contributed by atoms with van der Waals surface area (Å²) in [4.78, 5) is 4.21. The first-order chi connectivity index (χ1) is 9.20. The first kappa shape index (κ1) is 13.2. The maximum atomic E-state index is 13.6. The van der Waals surface area contributed by atoms with Crippen LogP contribution >= 0.6 is 0 Å². The van der Waals surface area contributed by atoms with Crippen LogP contribution in [0.25, 0.3) is 0 Å². The summed E-state index contributed by atoms with van der Waals surface area (Å²) in [5.74, 6) is 0.649. The van der Waals surface area contributed by atoms with Crippen molar-refractivity contribution in [2.24, 2.45) is 7.05 Å². The molecule has 0 unspecified atom stereocenters. The molecule has 0 fully saturated rings. The monoisotopic (exact) mass is 258 g/mol. The number of rotatable bonds is 5. The Kier molecular flexibility index (Phi) is 4.26. The number of hydrogen-bond acceptors (Lipinski definition) is 3. The molecule has 0 aliphatic heterocycles. The van der Waals surface area contributed by atoms with E-state index in [0.29, 0.717) is 17.7 Å². The van der Waals surface area contributed by atoms with Crippen LogP contribution in [0.4, 0.5) is 4.39 Å². The molecule has 4 nitrogen and oxygen atoms in total. The molecular weight excluding hydrogens is 243 g/mol. The van der Waals surface area contributed by atoms with E-state index in [1.54, 1.807) is 18.3 Å². The molecule has 2 aromatic rings. The first-order valence-corrected chi connectivity index (χ1v) is 6.06. The van der Waals surface area contributed by atoms with Gasteiger partial charge in [0, 0.05) is 44.5 Å². The average molecular weight is 258 g/mol. The molecule has 0 atom stereocenters. The third-order valence-electron chi connectivity index (χ3n) is 2.94. The summed E-state index contributed by atoms with van der Waals surface area (Å²) in [7, 11) is 1.95. The van der Waals surface area contributed by atoms with Gasteiger partial charge < -0.3 is 9.88 Å². The predicted octanol–water partition coefficient (Wildman–Crippen LogP) is 1.76. The van der Waals surface area contributed by atoms with Gasteiger partial charge in [0.15, 0.2) is 0 Å². The van der Waals surface area contributed by atoms with Crippen LogP contribution in [0.1, 0.15) is 17.0 Å². The van der Waals surface area contributed by atoms with E-state index >= 15 is 0 Å². The van der Waals surface area contributed by atoms with Gasteiger partial charge in [-0.2, -0.15) is 5.26 Å². The molecule has 0 aliphatic carbocycles. The lowest BCUT2D eigenvalue weighted by atomic mass is 10.1. The Morgan fingerprint density at radius 1 is 1.47 bits per heavy atom. The second-order valence-electron chi connectivity index (χ2n) is 4.30. The van der Waals surface area contributed by atoms with Gasteiger partial charge in [0.25, 0.3) is 0 Å². The highest BCUT2D eigenvalue weighted by Gasteiger charge is 2.03. The van der Waals surface area contributed by atoms with E-state index < -0.39 is 0 Å². The molecule has 5 heteroatoms. The Morgan fingerprint density at radius 3 is 2.95 bits per heavy atom. The number of aryl methyl sites for hydroxylation is 1. The van der Waals surface area contributed by atoms with Gasteiger partial charge in [0.05, 0.1) is 11.6 Å². The molecule has 1 aromatic carbocycles. The number of nitriles is 1. The highest BCUT2D eigenvalue weighted by atomic mass is 19.1. The molecule has 1 heterocycles. The molecule has 0 radical (unpaired) electrons. The van der Waals surface area contributed by atoms with Crippen LogP contribution < -0.4 is 5.32 Å². The minimum atomic E-state index is -0.344. The summed E-state index contributed by atoms with van der Waals surface area (Å²) in [6.45, 7) is 1.17. The summed E-state index contributed by atoms with van der Waals surface area (Å²) in [5, 5.41) is 11.8. The predicted molar refractivity (Wildman–Crippen MR) is 69.7 cm³/mol. The molecule has 1 aromatic heterocycles. The second kappa shape index (κ2) is 6.12. The number of nitrogens with one attached hydrogen (secondary N) is 1. The molecule has 0 spiro atoms. The Bertz CT molecular complexity index is 598. The van der Waals surface area contributed by atoms with E-state index in [1.165, 1.54) is 6.07 Å². The highest BCUT2D eigenvalue weighted by Crippen LogP contribution is 2.09. The van der Waals surface area contributed by atoms with E-state index in [4.69, 9.17) is 5.26 Å². The van der Waals surface area contributed by atoms with Gasteiger partial charge in [-0.15, -0.1) is 0 Å². The van der Waals surface area contributed by atoms with Gasteiger partial charge in [0.2, 0.25) is 0 Å². The lowest BCUT2D eigenvalue weighted by Gasteiger charge is -2.06. The van der Waals surface area contributed by atoms with Gasteiger partial charge in [-0.3, -0.25) is 0 Å². The fourth-order valence-corrected chi connectivity index (χ4v) is 1.82. The summed E-state index contributed by atoms with van der Waals surface area (Å²) in [5.41, 5.74) is 0.910. The van der Waals surface area contributed by atoms with Crippen molar-refractivity contribution in [1.82, 2.24) is 14.9 Å². The van der Waals surface area contributed by atoms with Crippen LogP contribution in [0, 0.1) is 17.1 Å². The van der Waals surface area contributed by atoms with Gasteiger partial charge in [-0.1, -0.05) is 6.07 Å². The zero-order valence-electron chi connectivity index (χ0n) is 10.7. The molecular formula is C14H15FN4. The SMILES string of the molecule is Cn1ccnc1CCNCc1ccc(C#N)cc1F. The summed E-state index contributed by atoms with van der Waals surface area (Å²) in [6.07, 6.45) is 4.45. The van der Waals surface area contributed by atoms with Crippen molar-refractivity contribution in [2.75, 3.05) is 6.54 Å². The van der Waals surface area contributed by atoms with Gasteiger partial charge in [0.1, 0.15) is 11.6 Å². The third kappa shape index (κ3) is 3.39. The number of hydrogen-bond donors (Lipinski definition) is 1. The van der Waals surface area contributed by atoms with Crippen molar-refractivity contribution in [3.63, 3.8) is 0 Å². The standard InChI is InChI=1S/C14H15FN4/c1-19-7-6-18-14(19)4-5-17-10-12-3-2-11(9-16)8-13(12)15/h2-3,6-8,17H,4-5,10H2,1H3. The maximum Gasteiger partial charge on any atom is 0.129 e. The summed E-state index contributed by atoms with van der Waals surface area (Å²) in [6, 6.07) is 6.44. The molecule has 0 amide bonds. The maximum absolute atomic E-state index is 13.6. The first-order valence-electron chi connectivity index (χ1n) is 6.06. The van der Waals surface area contributed by atoms with Crippen molar-refractivity contribution in [3.05, 3.63) is 53.4 Å². The van der Waals surface area contributed by atoms with Crippen molar-refractivity contribution < 1.29 is 4.39 Å². The third-order valence-corrected chi connectivity index (χ3v) is 2.94. The number of halogens is 1. The zero-order chi connectivity index (χ0) is 13.7. The van der Waals surface area contributed by atoms with E-state index in [-0.39, 0.29) is 5.82 Å². The van der Waals surface area contributed by atoms with Crippen molar-refractivity contribution >= 4 is 0 Å². The quantitative estimate of drug-likeness (QED) is 0.831.